The van der Waals surface area contributed by atoms with Crippen LogP contribution >= 0.6 is 0 Å². The minimum atomic E-state index is -3.46. The van der Waals surface area contributed by atoms with Gasteiger partial charge in [0.25, 0.3) is 0 Å². The zero-order chi connectivity index (χ0) is 26.4. The van der Waals surface area contributed by atoms with Gasteiger partial charge in [-0.05, 0) is 35.4 Å². The molecule has 4 heterocycles. The van der Waals surface area contributed by atoms with Crippen molar-refractivity contribution in [1.82, 2.24) is 29.6 Å². The highest BCUT2D eigenvalue weighted by atomic mass is 32.2. The Morgan fingerprint density at radius 1 is 1.05 bits per heavy atom. The molecule has 0 spiro atoms. The summed E-state index contributed by atoms with van der Waals surface area (Å²) in [6.07, 6.45) is 7.05. The number of benzene rings is 2. The van der Waals surface area contributed by atoms with Crippen LogP contribution in [0.4, 0.5) is 8.78 Å². The van der Waals surface area contributed by atoms with Crippen molar-refractivity contribution < 1.29 is 17.2 Å². The van der Waals surface area contributed by atoms with Gasteiger partial charge in [-0.25, -0.2) is 36.9 Å². The molecule has 2 aromatic carbocycles. The molecule has 9 nitrogen and oxygen atoms in total. The lowest BCUT2D eigenvalue weighted by molar-refractivity contribution is 0.586. The molecule has 3 aromatic heterocycles. The zero-order valence-corrected chi connectivity index (χ0v) is 20.7. The van der Waals surface area contributed by atoms with Crippen LogP contribution in [0, 0.1) is 11.6 Å². The molecule has 190 valence electrons. The van der Waals surface area contributed by atoms with Crippen LogP contribution in [0.2, 0.25) is 0 Å². The van der Waals surface area contributed by atoms with Crippen molar-refractivity contribution in [2.24, 2.45) is 4.99 Å². The summed E-state index contributed by atoms with van der Waals surface area (Å²) >= 11 is 0. The van der Waals surface area contributed by atoms with Gasteiger partial charge in [0.15, 0.2) is 5.82 Å². The van der Waals surface area contributed by atoms with Gasteiger partial charge in [-0.15, -0.1) is 0 Å². The maximum Gasteiger partial charge on any atom is 0.209 e. The number of aromatic amines is 1. The van der Waals surface area contributed by atoms with E-state index in [9.17, 15) is 12.8 Å². The van der Waals surface area contributed by atoms with Crippen LogP contribution in [0.1, 0.15) is 22.5 Å². The first-order valence-corrected chi connectivity index (χ1v) is 13.4. The number of sulfonamides is 1. The third kappa shape index (κ3) is 4.44. The van der Waals surface area contributed by atoms with Crippen molar-refractivity contribution >= 4 is 26.8 Å². The van der Waals surface area contributed by atoms with Crippen LogP contribution < -0.4 is 4.72 Å². The number of nitrogens with one attached hydrogen (secondary N) is 2. The molecular formula is C26H19F2N7O2S. The Hall–Kier alpha value is -4.42. The highest BCUT2D eigenvalue weighted by Crippen LogP contribution is 2.33. The summed E-state index contributed by atoms with van der Waals surface area (Å²) in [5.41, 5.74) is 4.63. The Morgan fingerprint density at radius 3 is 2.66 bits per heavy atom. The van der Waals surface area contributed by atoms with Crippen LogP contribution in [0.5, 0.6) is 0 Å². The second-order valence-electron chi connectivity index (χ2n) is 8.84. The van der Waals surface area contributed by atoms with Gasteiger partial charge in [-0.1, -0.05) is 12.1 Å². The number of aliphatic imine (C=N–C) groups is 1. The number of hydrogen-bond donors (Lipinski definition) is 2. The SMILES string of the molecule is CS(=O)(=O)NCc1cc(F)cc(-c2nccc3[nH]c(C4=NCc5ccc(-c6cncnc6)c(F)c54)nc23)c1. The number of nitrogens with zero attached hydrogens (tertiary/aromatic N) is 5. The van der Waals surface area contributed by atoms with Gasteiger partial charge in [0.05, 0.1) is 24.0 Å². The molecule has 2 N–H and O–H groups in total. The van der Waals surface area contributed by atoms with E-state index in [1.807, 2.05) is 6.07 Å². The van der Waals surface area contributed by atoms with Gasteiger partial charge in [0.2, 0.25) is 10.0 Å². The van der Waals surface area contributed by atoms with Gasteiger partial charge in [0, 0.05) is 47.4 Å². The van der Waals surface area contributed by atoms with E-state index < -0.39 is 21.7 Å². The molecule has 38 heavy (non-hydrogen) atoms. The summed E-state index contributed by atoms with van der Waals surface area (Å²) in [5.74, 6) is -0.639. The maximum absolute atomic E-state index is 15.8. The van der Waals surface area contributed by atoms with Crippen molar-refractivity contribution in [2.45, 2.75) is 13.1 Å². The van der Waals surface area contributed by atoms with Gasteiger partial charge in [-0.2, -0.15) is 0 Å². The van der Waals surface area contributed by atoms with Crippen LogP contribution in [0.15, 0.2) is 66.3 Å². The average Bonchev–Trinajstić information content (AvgIpc) is 3.52. The third-order valence-electron chi connectivity index (χ3n) is 6.14. The molecular weight excluding hydrogens is 512 g/mol. The summed E-state index contributed by atoms with van der Waals surface area (Å²) in [7, 11) is -3.46. The lowest BCUT2D eigenvalue weighted by atomic mass is 9.98. The van der Waals surface area contributed by atoms with Gasteiger partial charge in [-0.3, -0.25) is 9.98 Å². The number of halogens is 2. The molecule has 0 aliphatic carbocycles. The quantitative estimate of drug-likeness (QED) is 0.344. The number of imidazole rings is 1. The van der Waals surface area contributed by atoms with Crippen molar-refractivity contribution in [3.05, 3.63) is 95.5 Å². The van der Waals surface area contributed by atoms with E-state index >= 15 is 4.39 Å². The second kappa shape index (κ2) is 9.15. The Morgan fingerprint density at radius 2 is 1.87 bits per heavy atom. The van der Waals surface area contributed by atoms with Gasteiger partial charge in [0.1, 0.15) is 29.2 Å². The summed E-state index contributed by atoms with van der Waals surface area (Å²) in [6, 6.07) is 9.42. The lowest BCUT2D eigenvalue weighted by Crippen LogP contribution is -2.21. The Labute approximate surface area is 215 Å². The predicted molar refractivity (Wildman–Crippen MR) is 138 cm³/mol. The first-order chi connectivity index (χ1) is 18.3. The van der Waals surface area contributed by atoms with Gasteiger partial charge >= 0.3 is 0 Å². The van der Waals surface area contributed by atoms with Crippen molar-refractivity contribution in [3.8, 4) is 22.4 Å². The fraction of sp³-hybridized carbons (Fsp3) is 0.115. The molecule has 0 radical (unpaired) electrons. The van der Waals surface area contributed by atoms with E-state index in [1.54, 1.807) is 36.8 Å². The normalized spacial score (nSPS) is 13.1. The fourth-order valence-electron chi connectivity index (χ4n) is 4.46. The van der Waals surface area contributed by atoms with Crippen LogP contribution in [0.3, 0.4) is 0 Å². The standard InChI is InChI=1S/C26H19F2N7O2S/c1-38(36,37)33-9-14-6-16(8-18(27)7-14)23-24-20(4-5-31-23)34-26(35-24)25-21-15(12-32-25)2-3-19(22(21)28)17-10-29-13-30-11-17/h2-8,10-11,13,33H,9,12H2,1H3,(H,34,35). The first-order valence-electron chi connectivity index (χ1n) is 11.5. The molecule has 6 rings (SSSR count). The smallest absolute Gasteiger partial charge is 0.209 e. The number of H-pyrrole nitrogens is 1. The number of aromatic nitrogens is 5. The van der Waals surface area contributed by atoms with Gasteiger partial charge < -0.3 is 4.98 Å². The molecule has 1 aliphatic heterocycles. The largest absolute Gasteiger partial charge is 0.337 e. The molecule has 0 bridgehead atoms. The number of fused-ring (bicyclic) bond motifs is 2. The van der Waals surface area contributed by atoms with Crippen LogP contribution in [-0.2, 0) is 23.1 Å². The summed E-state index contributed by atoms with van der Waals surface area (Å²) in [5, 5.41) is 0. The number of hydrogen-bond acceptors (Lipinski definition) is 7. The summed E-state index contributed by atoms with van der Waals surface area (Å²) in [6.45, 7) is 0.225. The summed E-state index contributed by atoms with van der Waals surface area (Å²) in [4.78, 5) is 24.8. The van der Waals surface area contributed by atoms with E-state index in [1.165, 1.54) is 18.5 Å². The van der Waals surface area contributed by atoms with E-state index in [4.69, 9.17) is 0 Å². The molecule has 5 aromatic rings. The number of rotatable bonds is 6. The molecule has 0 atom stereocenters. The first kappa shape index (κ1) is 23.9. The molecule has 0 saturated carbocycles. The summed E-state index contributed by atoms with van der Waals surface area (Å²) < 4.78 is 55.6. The monoisotopic (exact) mass is 531 g/mol. The van der Waals surface area contributed by atoms with E-state index in [2.05, 4.69) is 34.6 Å². The Kier molecular flexibility index (Phi) is 5.77. The van der Waals surface area contributed by atoms with E-state index in [0.717, 1.165) is 11.8 Å². The van der Waals surface area contributed by atoms with Crippen LogP contribution in [-0.4, -0.2) is 45.3 Å². The highest BCUT2D eigenvalue weighted by molar-refractivity contribution is 7.88. The van der Waals surface area contributed by atoms with Crippen molar-refractivity contribution in [3.63, 3.8) is 0 Å². The Balaban J connectivity index is 1.42. The minimum absolute atomic E-state index is 0.0763. The molecule has 0 unspecified atom stereocenters. The fourth-order valence-corrected chi connectivity index (χ4v) is 4.89. The van der Waals surface area contributed by atoms with Crippen LogP contribution in [0.25, 0.3) is 33.4 Å². The highest BCUT2D eigenvalue weighted by Gasteiger charge is 2.27. The molecule has 0 fully saturated rings. The molecule has 1 aliphatic rings. The van der Waals surface area contributed by atoms with E-state index in [-0.39, 0.29) is 6.54 Å². The zero-order valence-electron chi connectivity index (χ0n) is 19.9. The number of pyridine rings is 1. The Bertz CT molecular complexity index is 1860. The van der Waals surface area contributed by atoms with Crippen molar-refractivity contribution in [2.75, 3.05) is 6.26 Å². The molecule has 0 saturated heterocycles. The minimum Gasteiger partial charge on any atom is -0.337 e. The molecule has 12 heteroatoms. The van der Waals surface area contributed by atoms with E-state index in [0.29, 0.717) is 62.6 Å². The average molecular weight is 532 g/mol. The third-order valence-corrected chi connectivity index (χ3v) is 6.81. The van der Waals surface area contributed by atoms with Crippen molar-refractivity contribution in [1.29, 1.82) is 0 Å². The maximum atomic E-state index is 15.8. The second-order valence-corrected chi connectivity index (χ2v) is 10.7. The predicted octanol–water partition coefficient (Wildman–Crippen LogP) is 3.76. The lowest BCUT2D eigenvalue weighted by Gasteiger charge is -2.08. The molecule has 0 amide bonds. The topological polar surface area (TPSA) is 126 Å².